The first kappa shape index (κ1) is 16.1. The summed E-state index contributed by atoms with van der Waals surface area (Å²) in [7, 11) is 0. The summed E-state index contributed by atoms with van der Waals surface area (Å²) in [4.78, 5) is 11.1. The number of pyridine rings is 1. The van der Waals surface area contributed by atoms with Gasteiger partial charge in [0.05, 0.1) is 12.6 Å². The molecule has 1 aliphatic heterocycles. The van der Waals surface area contributed by atoms with Gasteiger partial charge in [-0.3, -0.25) is 9.88 Å². The number of rotatable bonds is 6. The zero-order chi connectivity index (χ0) is 16.1. The van der Waals surface area contributed by atoms with Crippen LogP contribution in [0.25, 0.3) is 11.4 Å². The minimum absolute atomic E-state index is 0.213. The molecule has 124 valence electrons. The number of aliphatic hydroxyl groups is 1. The lowest BCUT2D eigenvalue weighted by molar-refractivity contribution is 0.0647. The van der Waals surface area contributed by atoms with Crippen LogP contribution in [-0.4, -0.2) is 48.9 Å². The smallest absolute Gasteiger partial charge is 0.181 e. The van der Waals surface area contributed by atoms with Crippen molar-refractivity contribution >= 4 is 0 Å². The third-order valence-electron chi connectivity index (χ3n) is 4.26. The van der Waals surface area contributed by atoms with E-state index in [0.717, 1.165) is 69.1 Å². The average Bonchev–Trinajstić information content (AvgIpc) is 2.96. The largest absolute Gasteiger partial charge is 0.392 e. The normalized spacial score (nSPS) is 19.1. The predicted octanol–water partition coefficient (Wildman–Crippen LogP) is 2.10. The van der Waals surface area contributed by atoms with Gasteiger partial charge in [-0.25, -0.2) is 9.67 Å². The van der Waals surface area contributed by atoms with E-state index in [2.05, 4.69) is 16.8 Å². The molecule has 1 aliphatic rings. The van der Waals surface area contributed by atoms with E-state index in [1.807, 2.05) is 16.8 Å². The maximum absolute atomic E-state index is 9.86. The van der Waals surface area contributed by atoms with E-state index in [0.29, 0.717) is 0 Å². The van der Waals surface area contributed by atoms with Crippen molar-refractivity contribution in [3.63, 3.8) is 0 Å². The monoisotopic (exact) mass is 315 g/mol. The van der Waals surface area contributed by atoms with Crippen LogP contribution in [0, 0.1) is 0 Å². The minimum atomic E-state index is -0.213. The van der Waals surface area contributed by atoms with Crippen LogP contribution in [0.3, 0.4) is 0 Å². The Morgan fingerprint density at radius 3 is 2.87 bits per heavy atom. The van der Waals surface area contributed by atoms with Crippen LogP contribution in [0.5, 0.6) is 0 Å². The van der Waals surface area contributed by atoms with Gasteiger partial charge in [0, 0.05) is 31.0 Å². The molecular weight excluding hydrogens is 290 g/mol. The molecule has 0 saturated carbocycles. The maximum atomic E-state index is 9.86. The molecule has 0 aromatic carbocycles. The summed E-state index contributed by atoms with van der Waals surface area (Å²) in [6, 6.07) is 3.88. The highest BCUT2D eigenvalue weighted by Gasteiger charge is 2.20. The van der Waals surface area contributed by atoms with Gasteiger partial charge in [-0.1, -0.05) is 13.3 Å². The van der Waals surface area contributed by atoms with Crippen LogP contribution < -0.4 is 0 Å². The van der Waals surface area contributed by atoms with Crippen molar-refractivity contribution in [2.24, 2.45) is 0 Å². The number of hydrogen-bond acceptors (Lipinski definition) is 5. The molecule has 0 bridgehead atoms. The zero-order valence-corrected chi connectivity index (χ0v) is 13.7. The lowest BCUT2D eigenvalue weighted by atomic mass is 10.1. The van der Waals surface area contributed by atoms with Gasteiger partial charge in [0.15, 0.2) is 5.82 Å². The second-order valence-electron chi connectivity index (χ2n) is 6.20. The average molecular weight is 315 g/mol. The summed E-state index contributed by atoms with van der Waals surface area (Å²) in [5.41, 5.74) is 0.996. The Balaban J connectivity index is 1.80. The second-order valence-corrected chi connectivity index (χ2v) is 6.20. The Morgan fingerprint density at radius 1 is 1.30 bits per heavy atom. The molecule has 1 atom stereocenters. The van der Waals surface area contributed by atoms with Crippen LogP contribution in [0.1, 0.15) is 38.4 Å². The van der Waals surface area contributed by atoms with Crippen molar-refractivity contribution < 1.29 is 5.11 Å². The van der Waals surface area contributed by atoms with Gasteiger partial charge >= 0.3 is 0 Å². The van der Waals surface area contributed by atoms with Crippen LogP contribution in [-0.2, 0) is 13.1 Å². The summed E-state index contributed by atoms with van der Waals surface area (Å²) in [5, 5.41) is 14.6. The Morgan fingerprint density at radius 2 is 2.13 bits per heavy atom. The summed E-state index contributed by atoms with van der Waals surface area (Å²) < 4.78 is 2.03. The van der Waals surface area contributed by atoms with Crippen molar-refractivity contribution in [3.8, 4) is 11.4 Å². The summed E-state index contributed by atoms with van der Waals surface area (Å²) in [6.07, 6.45) is 7.49. The Kier molecular flexibility index (Phi) is 5.35. The van der Waals surface area contributed by atoms with Crippen molar-refractivity contribution in [1.29, 1.82) is 0 Å². The summed E-state index contributed by atoms with van der Waals surface area (Å²) >= 11 is 0. The molecule has 0 amide bonds. The van der Waals surface area contributed by atoms with E-state index in [1.54, 1.807) is 12.4 Å². The predicted molar refractivity (Wildman–Crippen MR) is 88.7 cm³/mol. The molecule has 3 heterocycles. The van der Waals surface area contributed by atoms with Crippen molar-refractivity contribution in [2.75, 3.05) is 13.1 Å². The fraction of sp³-hybridized carbons (Fsp3) is 0.588. The highest BCUT2D eigenvalue weighted by molar-refractivity contribution is 5.53. The number of likely N-dealkylation sites (tertiary alicyclic amines) is 1. The quantitative estimate of drug-likeness (QED) is 0.884. The molecular formula is C17H25N5O. The third-order valence-corrected chi connectivity index (χ3v) is 4.26. The van der Waals surface area contributed by atoms with E-state index >= 15 is 0 Å². The highest BCUT2D eigenvalue weighted by Crippen LogP contribution is 2.18. The first-order valence-corrected chi connectivity index (χ1v) is 8.51. The number of nitrogens with zero attached hydrogens (tertiary/aromatic N) is 5. The Bertz CT molecular complexity index is 613. The Labute approximate surface area is 137 Å². The van der Waals surface area contributed by atoms with Gasteiger partial charge in [0.2, 0.25) is 0 Å². The molecule has 23 heavy (non-hydrogen) atoms. The lowest BCUT2D eigenvalue weighted by Crippen LogP contribution is -2.38. The molecule has 6 heteroatoms. The van der Waals surface area contributed by atoms with Gasteiger partial charge in [-0.05, 0) is 37.9 Å². The van der Waals surface area contributed by atoms with Crippen LogP contribution in [0.2, 0.25) is 0 Å². The molecule has 1 N–H and O–H groups in total. The van der Waals surface area contributed by atoms with Gasteiger partial charge in [-0.15, -0.1) is 0 Å². The second kappa shape index (κ2) is 7.66. The lowest BCUT2D eigenvalue weighted by Gasteiger charge is -2.29. The van der Waals surface area contributed by atoms with Crippen LogP contribution in [0.15, 0.2) is 24.5 Å². The number of aliphatic hydroxyl groups excluding tert-OH is 1. The number of hydrogen-bond donors (Lipinski definition) is 1. The third kappa shape index (κ3) is 4.14. The van der Waals surface area contributed by atoms with E-state index in [-0.39, 0.29) is 6.10 Å². The molecule has 0 unspecified atom stereocenters. The topological polar surface area (TPSA) is 67.1 Å². The van der Waals surface area contributed by atoms with E-state index in [4.69, 9.17) is 10.1 Å². The number of β-amino-alcohol motifs (C(OH)–C–C–N with tert-alkyl or cyclic N) is 1. The minimum Gasteiger partial charge on any atom is -0.392 e. The molecule has 1 saturated heterocycles. The van der Waals surface area contributed by atoms with Crippen molar-refractivity contribution in [2.45, 2.75) is 51.8 Å². The van der Waals surface area contributed by atoms with Crippen LogP contribution >= 0.6 is 0 Å². The SMILES string of the molecule is CCCCn1nc(-c2ccncc2)nc1CN1CCC[C@@H](O)C1. The van der Waals surface area contributed by atoms with E-state index in [1.165, 1.54) is 0 Å². The van der Waals surface area contributed by atoms with E-state index in [9.17, 15) is 5.11 Å². The summed E-state index contributed by atoms with van der Waals surface area (Å²) in [5.74, 6) is 1.75. The molecule has 6 nitrogen and oxygen atoms in total. The molecule has 2 aromatic heterocycles. The first-order chi connectivity index (χ1) is 11.3. The number of unbranched alkanes of at least 4 members (excludes halogenated alkanes) is 1. The molecule has 2 aromatic rings. The number of aromatic nitrogens is 4. The van der Waals surface area contributed by atoms with E-state index < -0.39 is 0 Å². The van der Waals surface area contributed by atoms with Gasteiger partial charge in [0.25, 0.3) is 0 Å². The van der Waals surface area contributed by atoms with Gasteiger partial charge in [-0.2, -0.15) is 5.10 Å². The first-order valence-electron chi connectivity index (χ1n) is 8.51. The summed E-state index contributed by atoms with van der Waals surface area (Å²) in [6.45, 7) is 5.56. The molecule has 0 spiro atoms. The fourth-order valence-electron chi connectivity index (χ4n) is 2.98. The fourth-order valence-corrected chi connectivity index (χ4v) is 2.98. The molecule has 0 aliphatic carbocycles. The molecule has 3 rings (SSSR count). The van der Waals surface area contributed by atoms with Crippen molar-refractivity contribution in [3.05, 3.63) is 30.4 Å². The van der Waals surface area contributed by atoms with Crippen LogP contribution in [0.4, 0.5) is 0 Å². The van der Waals surface area contributed by atoms with Gasteiger partial charge in [0.1, 0.15) is 5.82 Å². The Hall–Kier alpha value is -1.79. The maximum Gasteiger partial charge on any atom is 0.181 e. The number of aryl methyl sites for hydroxylation is 1. The van der Waals surface area contributed by atoms with Gasteiger partial charge < -0.3 is 5.11 Å². The molecule has 0 radical (unpaired) electrons. The van der Waals surface area contributed by atoms with Crippen molar-refractivity contribution in [1.82, 2.24) is 24.6 Å². The highest BCUT2D eigenvalue weighted by atomic mass is 16.3. The number of piperidine rings is 1. The molecule has 1 fully saturated rings. The zero-order valence-electron chi connectivity index (χ0n) is 13.7. The standard InChI is InChI=1S/C17H25N5O/c1-2-3-11-22-16(13-21-10-4-5-15(23)12-21)19-17(20-22)14-6-8-18-9-7-14/h6-9,15,23H,2-5,10-13H2,1H3/t15-/m1/s1.